The molecule has 2 amide bonds. The molecule has 2 aliphatic heterocycles. The highest BCUT2D eigenvalue weighted by atomic mass is 16.7. The number of urea groups is 1. The summed E-state index contributed by atoms with van der Waals surface area (Å²) in [5, 5.41) is 13.3. The first-order valence-electron chi connectivity index (χ1n) is 12.5. The van der Waals surface area contributed by atoms with Gasteiger partial charge in [0.15, 0.2) is 11.5 Å². The van der Waals surface area contributed by atoms with Gasteiger partial charge in [0.2, 0.25) is 6.79 Å². The average Bonchev–Trinajstić information content (AvgIpc) is 3.51. The maximum Gasteiger partial charge on any atom is 0.317 e. The van der Waals surface area contributed by atoms with E-state index in [1.807, 2.05) is 56.3 Å². The molecule has 4 rings (SSSR count). The number of carbonyl (C=O) groups is 2. The van der Waals surface area contributed by atoms with Gasteiger partial charge in [0, 0.05) is 44.7 Å². The number of nitrogens with one attached hydrogen (secondary N) is 1. The molecular formula is C27H35N3O6. The summed E-state index contributed by atoms with van der Waals surface area (Å²) in [5.74, 6) is 0.241. The molecule has 9 nitrogen and oxygen atoms in total. The minimum atomic E-state index is -0.852. The lowest BCUT2D eigenvalue weighted by Crippen LogP contribution is -2.44. The van der Waals surface area contributed by atoms with Gasteiger partial charge in [-0.05, 0) is 48.7 Å². The normalized spacial score (nSPS) is 20.8. The summed E-state index contributed by atoms with van der Waals surface area (Å²) in [6.45, 7) is 6.91. The zero-order valence-corrected chi connectivity index (χ0v) is 21.1. The summed E-state index contributed by atoms with van der Waals surface area (Å²) in [5.41, 5.74) is 1.81. The monoisotopic (exact) mass is 497 g/mol. The number of hydrogen-bond donors (Lipinski definition) is 2. The van der Waals surface area contributed by atoms with E-state index in [2.05, 4.69) is 10.2 Å². The number of carboxylic acids is 1. The van der Waals surface area contributed by atoms with Crippen LogP contribution in [0.2, 0.25) is 0 Å². The Kier molecular flexibility index (Phi) is 8.20. The third kappa shape index (κ3) is 5.36. The van der Waals surface area contributed by atoms with E-state index in [1.54, 1.807) is 12.0 Å². The molecule has 36 heavy (non-hydrogen) atoms. The van der Waals surface area contributed by atoms with E-state index in [0.29, 0.717) is 50.0 Å². The zero-order valence-electron chi connectivity index (χ0n) is 21.1. The Morgan fingerprint density at radius 2 is 1.81 bits per heavy atom. The molecule has 2 aromatic carbocycles. The lowest BCUT2D eigenvalue weighted by molar-refractivity contribution is -0.143. The minimum Gasteiger partial charge on any atom is -0.497 e. The fraction of sp³-hybridized carbons (Fsp3) is 0.481. The molecule has 1 fully saturated rings. The van der Waals surface area contributed by atoms with E-state index < -0.39 is 11.9 Å². The van der Waals surface area contributed by atoms with Crippen molar-refractivity contribution in [3.8, 4) is 17.2 Å². The second-order valence-electron chi connectivity index (χ2n) is 9.12. The minimum absolute atomic E-state index is 0.0957. The fourth-order valence-corrected chi connectivity index (χ4v) is 5.24. The molecule has 2 aliphatic rings. The van der Waals surface area contributed by atoms with E-state index in [1.165, 1.54) is 0 Å². The molecule has 0 spiro atoms. The Morgan fingerprint density at radius 1 is 1.08 bits per heavy atom. The molecule has 0 bridgehead atoms. The number of ether oxygens (including phenoxy) is 3. The quantitative estimate of drug-likeness (QED) is 0.516. The molecule has 2 aromatic rings. The molecule has 1 unspecified atom stereocenters. The smallest absolute Gasteiger partial charge is 0.317 e. The molecule has 1 saturated heterocycles. The van der Waals surface area contributed by atoms with Crippen LogP contribution in [0.4, 0.5) is 4.79 Å². The van der Waals surface area contributed by atoms with Crippen LogP contribution in [-0.4, -0.2) is 73.5 Å². The standard InChI is InChI=1S/C27H35N3O6/c1-4-12-29(27(33)28-5-2)13-14-30-16-21(19-8-11-22-23(15-19)36-17-35-22)24(26(31)32)25(30)18-6-9-20(34-3)10-7-18/h6-11,15,21,24-25H,4-5,12-14,16-17H2,1-3H3,(H,28,33)(H,31,32)/t21?,24-,25+/m0/s1. The highest BCUT2D eigenvalue weighted by molar-refractivity contribution is 5.74. The number of methoxy groups -OCH3 is 1. The largest absolute Gasteiger partial charge is 0.497 e. The number of benzene rings is 2. The van der Waals surface area contributed by atoms with Gasteiger partial charge in [0.1, 0.15) is 5.75 Å². The molecule has 9 heteroatoms. The van der Waals surface area contributed by atoms with Crippen molar-refractivity contribution in [3.05, 3.63) is 53.6 Å². The lowest BCUT2D eigenvalue weighted by Gasteiger charge is -2.30. The fourth-order valence-electron chi connectivity index (χ4n) is 5.24. The van der Waals surface area contributed by atoms with Gasteiger partial charge in [-0.3, -0.25) is 9.69 Å². The van der Waals surface area contributed by atoms with Crippen LogP contribution in [0.15, 0.2) is 42.5 Å². The Hall–Kier alpha value is -3.46. The first-order chi connectivity index (χ1) is 17.5. The van der Waals surface area contributed by atoms with Gasteiger partial charge in [-0.2, -0.15) is 0 Å². The predicted molar refractivity (Wildman–Crippen MR) is 135 cm³/mol. The first kappa shape index (κ1) is 25.6. The van der Waals surface area contributed by atoms with Crippen molar-refractivity contribution < 1.29 is 28.9 Å². The van der Waals surface area contributed by atoms with Crippen LogP contribution < -0.4 is 19.5 Å². The number of rotatable bonds is 10. The van der Waals surface area contributed by atoms with Crippen LogP contribution in [0.25, 0.3) is 0 Å². The van der Waals surface area contributed by atoms with Gasteiger partial charge in [-0.15, -0.1) is 0 Å². The molecule has 0 saturated carbocycles. The highest BCUT2D eigenvalue weighted by Crippen LogP contribution is 2.47. The number of nitrogens with zero attached hydrogens (tertiary/aromatic N) is 2. The number of amides is 2. The number of carbonyl (C=O) groups excluding carboxylic acids is 1. The number of carboxylic acid groups (broad SMARTS) is 1. The van der Waals surface area contributed by atoms with Crippen molar-refractivity contribution in [2.45, 2.75) is 32.2 Å². The van der Waals surface area contributed by atoms with Gasteiger partial charge in [-0.25, -0.2) is 4.79 Å². The van der Waals surface area contributed by atoms with Gasteiger partial charge in [-0.1, -0.05) is 25.1 Å². The second-order valence-corrected chi connectivity index (χ2v) is 9.12. The molecule has 2 N–H and O–H groups in total. The van der Waals surface area contributed by atoms with Gasteiger partial charge >= 0.3 is 12.0 Å². The Labute approximate surface area is 211 Å². The topological polar surface area (TPSA) is 101 Å². The van der Waals surface area contributed by atoms with Crippen LogP contribution in [0.1, 0.15) is 43.4 Å². The summed E-state index contributed by atoms with van der Waals surface area (Å²) in [4.78, 5) is 29.3. The summed E-state index contributed by atoms with van der Waals surface area (Å²) in [6.07, 6.45) is 0.844. The third-order valence-electron chi connectivity index (χ3n) is 6.93. The lowest BCUT2D eigenvalue weighted by atomic mass is 9.82. The van der Waals surface area contributed by atoms with Crippen LogP contribution in [0, 0.1) is 5.92 Å². The van der Waals surface area contributed by atoms with Gasteiger partial charge < -0.3 is 29.5 Å². The van der Waals surface area contributed by atoms with E-state index in [-0.39, 0.29) is 24.8 Å². The van der Waals surface area contributed by atoms with Crippen LogP contribution in [0.5, 0.6) is 17.2 Å². The zero-order chi connectivity index (χ0) is 25.7. The predicted octanol–water partition coefficient (Wildman–Crippen LogP) is 3.71. The molecule has 0 radical (unpaired) electrons. The molecule has 0 aliphatic carbocycles. The average molecular weight is 498 g/mol. The number of aliphatic carboxylic acids is 1. The van der Waals surface area contributed by atoms with E-state index in [4.69, 9.17) is 14.2 Å². The molecule has 194 valence electrons. The van der Waals surface area contributed by atoms with Crippen molar-refractivity contribution in [1.29, 1.82) is 0 Å². The van der Waals surface area contributed by atoms with E-state index in [9.17, 15) is 14.7 Å². The molecule has 0 aromatic heterocycles. The van der Waals surface area contributed by atoms with Crippen LogP contribution >= 0.6 is 0 Å². The van der Waals surface area contributed by atoms with Crippen molar-refractivity contribution in [2.75, 3.05) is 46.6 Å². The SMILES string of the molecule is CCCN(CCN1CC(c2ccc3c(c2)OCO3)[C@H](C(=O)O)[C@H]1c1ccc(OC)cc1)C(=O)NCC. The van der Waals surface area contributed by atoms with E-state index >= 15 is 0 Å². The van der Waals surface area contributed by atoms with Crippen molar-refractivity contribution in [3.63, 3.8) is 0 Å². The summed E-state index contributed by atoms with van der Waals surface area (Å²) in [7, 11) is 1.61. The summed E-state index contributed by atoms with van der Waals surface area (Å²) >= 11 is 0. The maximum absolute atomic E-state index is 12.7. The van der Waals surface area contributed by atoms with Gasteiger partial charge in [0.25, 0.3) is 0 Å². The maximum atomic E-state index is 12.7. The van der Waals surface area contributed by atoms with Crippen LogP contribution in [0.3, 0.4) is 0 Å². The number of fused-ring (bicyclic) bond motifs is 1. The molecular weight excluding hydrogens is 462 g/mol. The van der Waals surface area contributed by atoms with Crippen molar-refractivity contribution in [2.24, 2.45) is 5.92 Å². The number of hydrogen-bond acceptors (Lipinski definition) is 6. The number of likely N-dealkylation sites (tertiary alicyclic amines) is 1. The Bertz CT molecular complexity index is 1060. The Balaban J connectivity index is 1.66. The molecule has 3 atom stereocenters. The van der Waals surface area contributed by atoms with E-state index in [0.717, 1.165) is 17.5 Å². The first-order valence-corrected chi connectivity index (χ1v) is 12.5. The Morgan fingerprint density at radius 3 is 2.47 bits per heavy atom. The van der Waals surface area contributed by atoms with Gasteiger partial charge in [0.05, 0.1) is 13.0 Å². The second kappa shape index (κ2) is 11.5. The van der Waals surface area contributed by atoms with Crippen LogP contribution in [-0.2, 0) is 4.79 Å². The summed E-state index contributed by atoms with van der Waals surface area (Å²) in [6, 6.07) is 12.8. The highest BCUT2D eigenvalue weighted by Gasteiger charge is 2.47. The van der Waals surface area contributed by atoms with Crippen molar-refractivity contribution >= 4 is 12.0 Å². The van der Waals surface area contributed by atoms with Crippen molar-refractivity contribution in [1.82, 2.24) is 15.1 Å². The summed E-state index contributed by atoms with van der Waals surface area (Å²) < 4.78 is 16.3. The third-order valence-corrected chi connectivity index (χ3v) is 6.93. The molecule has 2 heterocycles.